The Morgan fingerprint density at radius 2 is 1.95 bits per heavy atom. The normalized spacial score (nSPS) is 49.0. The van der Waals surface area contributed by atoms with Crippen molar-refractivity contribution in [1.29, 1.82) is 0 Å². The summed E-state index contributed by atoms with van der Waals surface area (Å²) in [5, 5.41) is 14.4. The number of alkyl carbamates (subject to hydrolysis) is 1. The number of ketones is 1. The molecule has 3 saturated carbocycles. The second-order valence-corrected chi connectivity index (χ2v) is 13.6. The summed E-state index contributed by atoms with van der Waals surface area (Å²) >= 11 is 0. The molecule has 0 aromatic rings. The Balaban J connectivity index is 1.47. The van der Waals surface area contributed by atoms with Crippen molar-refractivity contribution in [2.75, 3.05) is 19.6 Å². The summed E-state index contributed by atoms with van der Waals surface area (Å²) in [6.45, 7) is 13.2. The Morgan fingerprint density at radius 3 is 2.59 bits per heavy atom. The average molecular weight is 515 g/mol. The molecule has 0 spiro atoms. The van der Waals surface area contributed by atoms with Gasteiger partial charge in [-0.15, -0.1) is 0 Å². The van der Waals surface area contributed by atoms with Crippen LogP contribution in [0.4, 0.5) is 4.79 Å². The fraction of sp³-hybridized carbons (Fsp3) is 0.833. The number of Topliss-reactive ketones (excluding diaryl/α,β-unsaturated/α-hetero) is 1. The number of nitrogens with zero attached hydrogens (tertiary/aromatic N) is 1. The average Bonchev–Trinajstić information content (AvgIpc) is 3.59. The highest BCUT2D eigenvalue weighted by molar-refractivity contribution is 5.93. The molecule has 2 aliphatic heterocycles. The molecule has 0 radical (unpaired) electrons. The van der Waals surface area contributed by atoms with Crippen LogP contribution in [0.2, 0.25) is 0 Å². The number of imide groups is 1. The van der Waals surface area contributed by atoms with Crippen LogP contribution in [-0.4, -0.2) is 59.6 Å². The Bertz CT molecular complexity index is 981. The number of piperidine rings is 1. The first-order chi connectivity index (χ1) is 17.5. The molecule has 37 heavy (non-hydrogen) atoms. The minimum absolute atomic E-state index is 0.0322. The van der Waals surface area contributed by atoms with Crippen LogP contribution in [-0.2, 0) is 14.3 Å². The summed E-state index contributed by atoms with van der Waals surface area (Å²) < 4.78 is 6.24. The van der Waals surface area contributed by atoms with Gasteiger partial charge in [-0.1, -0.05) is 39.8 Å². The van der Waals surface area contributed by atoms with E-state index in [4.69, 9.17) is 4.74 Å². The van der Waals surface area contributed by atoms with E-state index in [0.717, 1.165) is 38.8 Å². The summed E-state index contributed by atoms with van der Waals surface area (Å²) in [5.41, 5.74) is -1.38. The number of hydrogen-bond acceptors (Lipinski definition) is 6. The first kappa shape index (κ1) is 26.9. The van der Waals surface area contributed by atoms with Crippen molar-refractivity contribution in [1.82, 2.24) is 10.2 Å². The van der Waals surface area contributed by atoms with E-state index >= 15 is 0 Å². The second-order valence-electron chi connectivity index (χ2n) is 13.6. The zero-order valence-corrected chi connectivity index (χ0v) is 23.3. The van der Waals surface area contributed by atoms with E-state index in [9.17, 15) is 19.5 Å². The van der Waals surface area contributed by atoms with Crippen LogP contribution in [0.5, 0.6) is 0 Å². The van der Waals surface area contributed by atoms with Crippen LogP contribution in [0, 0.1) is 45.8 Å². The van der Waals surface area contributed by atoms with Crippen molar-refractivity contribution < 1.29 is 24.2 Å². The summed E-state index contributed by atoms with van der Waals surface area (Å²) in [5.74, 6) is 0.0134. The predicted octanol–water partition coefficient (Wildman–Crippen LogP) is 4.33. The molecule has 206 valence electrons. The maximum Gasteiger partial charge on any atom is 0.414 e. The van der Waals surface area contributed by atoms with Crippen molar-refractivity contribution in [3.8, 4) is 0 Å². The first-order valence-electron chi connectivity index (χ1n) is 14.5. The lowest BCUT2D eigenvalue weighted by molar-refractivity contribution is -0.197. The number of nitrogens with one attached hydrogen (secondary N) is 1. The largest absolute Gasteiger partial charge is 0.445 e. The molecule has 2 heterocycles. The van der Waals surface area contributed by atoms with Gasteiger partial charge in [0.1, 0.15) is 11.9 Å². The van der Waals surface area contributed by atoms with E-state index in [0.29, 0.717) is 31.7 Å². The Labute approximate surface area is 221 Å². The number of aliphatic hydroxyl groups is 1. The number of carbonyl (C=O) groups is 3. The molecule has 11 atom stereocenters. The topological polar surface area (TPSA) is 95.9 Å². The number of rotatable bonds is 4. The molecule has 0 aromatic carbocycles. The van der Waals surface area contributed by atoms with Crippen molar-refractivity contribution in [2.24, 2.45) is 45.8 Å². The highest BCUT2D eigenvalue weighted by atomic mass is 16.6. The number of carbonyl (C=O) groups excluding carboxylic acids is 3. The molecule has 2 saturated heterocycles. The lowest BCUT2D eigenvalue weighted by Gasteiger charge is -2.62. The van der Waals surface area contributed by atoms with E-state index in [1.165, 1.54) is 0 Å². The first-order valence-corrected chi connectivity index (χ1v) is 14.5. The third kappa shape index (κ3) is 4.10. The Kier molecular flexibility index (Phi) is 6.88. The lowest BCUT2D eigenvalue weighted by Crippen LogP contribution is -2.63. The molecule has 7 heteroatoms. The molecule has 2 amide bonds. The molecule has 7 nitrogen and oxygen atoms in total. The van der Waals surface area contributed by atoms with Gasteiger partial charge in [0, 0.05) is 36.3 Å². The van der Waals surface area contributed by atoms with Gasteiger partial charge in [-0.2, -0.15) is 0 Å². The number of fused-ring (bicyclic) bond motifs is 2. The molecular formula is C30H46N2O5. The molecule has 5 fully saturated rings. The van der Waals surface area contributed by atoms with Gasteiger partial charge in [0.15, 0.2) is 0 Å². The molecular weight excluding hydrogens is 468 g/mol. The van der Waals surface area contributed by atoms with E-state index in [2.05, 4.69) is 44.0 Å². The van der Waals surface area contributed by atoms with Crippen LogP contribution >= 0.6 is 0 Å². The summed E-state index contributed by atoms with van der Waals surface area (Å²) in [4.78, 5) is 42.2. The number of amides is 2. The van der Waals surface area contributed by atoms with Crippen molar-refractivity contribution >= 4 is 17.8 Å². The molecule has 2 N–H and O–H groups in total. The minimum Gasteiger partial charge on any atom is -0.445 e. The number of ether oxygens (including phenoxy) is 1. The van der Waals surface area contributed by atoms with Gasteiger partial charge in [-0.05, 0) is 75.2 Å². The monoisotopic (exact) mass is 514 g/mol. The smallest absolute Gasteiger partial charge is 0.414 e. The maximum atomic E-state index is 13.6. The molecule has 5 unspecified atom stereocenters. The summed E-state index contributed by atoms with van der Waals surface area (Å²) in [6.07, 6.45) is 7.42. The lowest BCUT2D eigenvalue weighted by atomic mass is 9.43. The van der Waals surface area contributed by atoms with E-state index in [1.807, 2.05) is 13.0 Å². The quantitative estimate of drug-likeness (QED) is 0.542. The summed E-state index contributed by atoms with van der Waals surface area (Å²) in [6, 6.07) is 0. The maximum absolute atomic E-state index is 13.6. The minimum atomic E-state index is -0.709. The van der Waals surface area contributed by atoms with Gasteiger partial charge < -0.3 is 14.7 Å². The van der Waals surface area contributed by atoms with Crippen molar-refractivity contribution in [3.63, 3.8) is 0 Å². The SMILES string of the molecule is C/C=C/CC1(C)C[C@@H](OC(=O)NC(=O)[C@H]2CN3CC[C@@H]2C3)C2(C)C3C(=O)CCC3(CC[C@H]2C)[C@@H](C)[C@@H]1O. The van der Waals surface area contributed by atoms with E-state index < -0.39 is 29.1 Å². The van der Waals surface area contributed by atoms with Crippen molar-refractivity contribution in [2.45, 2.75) is 91.8 Å². The van der Waals surface area contributed by atoms with Gasteiger partial charge in [-0.25, -0.2) is 4.79 Å². The number of allylic oxidation sites excluding steroid dienone is 2. The van der Waals surface area contributed by atoms with Gasteiger partial charge in [0.05, 0.1) is 12.0 Å². The molecule has 0 aromatic heterocycles. The number of hydrogen-bond donors (Lipinski definition) is 2. The van der Waals surface area contributed by atoms with Crippen molar-refractivity contribution in [3.05, 3.63) is 12.2 Å². The van der Waals surface area contributed by atoms with Gasteiger partial charge in [0.2, 0.25) is 5.91 Å². The molecule has 5 aliphatic rings. The molecule has 3 aliphatic carbocycles. The van der Waals surface area contributed by atoms with Gasteiger partial charge >= 0.3 is 6.09 Å². The van der Waals surface area contributed by atoms with E-state index in [1.54, 1.807) is 0 Å². The number of aliphatic hydroxyl groups excluding tert-OH is 1. The zero-order chi connectivity index (χ0) is 26.8. The molecule has 5 rings (SSSR count). The van der Waals surface area contributed by atoms with Crippen LogP contribution in [0.15, 0.2) is 12.2 Å². The van der Waals surface area contributed by atoms with E-state index in [-0.39, 0.29) is 40.8 Å². The third-order valence-corrected chi connectivity index (χ3v) is 11.9. The fourth-order valence-corrected chi connectivity index (χ4v) is 9.38. The third-order valence-electron chi connectivity index (χ3n) is 11.9. The summed E-state index contributed by atoms with van der Waals surface area (Å²) in [7, 11) is 0. The molecule has 4 bridgehead atoms. The van der Waals surface area contributed by atoms with Gasteiger partial charge in [-0.3, -0.25) is 14.9 Å². The standard InChI is InChI=1S/C30H46N2O5/c1-6-7-11-28(4)15-23(37-27(36)31-26(35)21-17-32-14-10-20(21)16-32)29(5)18(2)8-12-30(19(3)25(28)34)13-9-22(33)24(29)30/h6-7,18-21,23-25,34H,8-17H2,1-5H3,(H,31,35,36)/b7-6+/t18-,19+,20-,21+,23-,24?,25+,28?,29?,30?/m1/s1. The van der Waals surface area contributed by atoms with Crippen LogP contribution < -0.4 is 5.32 Å². The second kappa shape index (κ2) is 9.48. The van der Waals surface area contributed by atoms with Crippen LogP contribution in [0.1, 0.15) is 79.6 Å². The Hall–Kier alpha value is -1.73. The van der Waals surface area contributed by atoms with Gasteiger partial charge in [0.25, 0.3) is 0 Å². The Morgan fingerprint density at radius 1 is 1.19 bits per heavy atom. The zero-order valence-electron chi connectivity index (χ0n) is 23.3. The van der Waals surface area contributed by atoms with Crippen LogP contribution in [0.25, 0.3) is 0 Å². The van der Waals surface area contributed by atoms with Crippen LogP contribution in [0.3, 0.4) is 0 Å². The highest BCUT2D eigenvalue weighted by Crippen LogP contribution is 2.68. The fourth-order valence-electron chi connectivity index (χ4n) is 9.38. The predicted molar refractivity (Wildman–Crippen MR) is 140 cm³/mol. The highest BCUT2D eigenvalue weighted by Gasteiger charge is 2.68.